The van der Waals surface area contributed by atoms with E-state index in [-0.39, 0.29) is 5.91 Å². The van der Waals surface area contributed by atoms with Gasteiger partial charge in [-0.1, -0.05) is 23.7 Å². The quantitative estimate of drug-likeness (QED) is 0.279. The number of benzene rings is 2. The summed E-state index contributed by atoms with van der Waals surface area (Å²) in [5, 5.41) is 1.17. The van der Waals surface area contributed by atoms with Crippen LogP contribution in [0.2, 0.25) is 5.02 Å². The lowest BCUT2D eigenvalue weighted by Crippen LogP contribution is -2.28. The topological polar surface area (TPSA) is 51.1 Å². The number of halogens is 2. The molecule has 0 atom stereocenters. The highest BCUT2D eigenvalue weighted by atomic mass is 127. The molecule has 31 heavy (non-hydrogen) atoms. The SMILES string of the molecule is CCN=C1S/C(=C/c2cc(Cl)c(OCc3ccc(I)cc3)c(OCC)c2)C(=O)N1CC. The first-order valence-corrected chi connectivity index (χ1v) is 12.3. The number of aliphatic imine (C=N–C) groups is 1. The van der Waals surface area contributed by atoms with Crippen molar-refractivity contribution in [3.63, 3.8) is 0 Å². The van der Waals surface area contributed by atoms with Gasteiger partial charge in [0.05, 0.1) is 16.5 Å². The van der Waals surface area contributed by atoms with E-state index < -0.39 is 0 Å². The zero-order valence-corrected chi connectivity index (χ0v) is 21.4. The molecule has 164 valence electrons. The number of hydrogen-bond donors (Lipinski definition) is 0. The number of carbonyl (C=O) groups is 1. The molecule has 1 saturated heterocycles. The summed E-state index contributed by atoms with van der Waals surface area (Å²) in [7, 11) is 0. The molecule has 0 unspecified atom stereocenters. The zero-order chi connectivity index (χ0) is 22.4. The average Bonchev–Trinajstić information content (AvgIpc) is 3.03. The van der Waals surface area contributed by atoms with Crippen LogP contribution in [-0.2, 0) is 11.4 Å². The number of likely N-dealkylation sites (N-methyl/N-ethyl adjacent to an activating group) is 1. The molecule has 0 aromatic heterocycles. The van der Waals surface area contributed by atoms with Gasteiger partial charge in [-0.2, -0.15) is 0 Å². The third kappa shape index (κ3) is 5.96. The van der Waals surface area contributed by atoms with Crippen LogP contribution in [-0.4, -0.2) is 35.7 Å². The minimum Gasteiger partial charge on any atom is -0.490 e. The summed E-state index contributed by atoms with van der Waals surface area (Å²) in [5.74, 6) is 1.00. The molecule has 2 aromatic rings. The van der Waals surface area contributed by atoms with Crippen LogP contribution in [0.25, 0.3) is 6.08 Å². The molecule has 2 aromatic carbocycles. The van der Waals surface area contributed by atoms with Crippen molar-refractivity contribution < 1.29 is 14.3 Å². The molecule has 1 aliphatic rings. The van der Waals surface area contributed by atoms with Crippen molar-refractivity contribution in [1.82, 2.24) is 4.90 Å². The molecule has 0 bridgehead atoms. The molecular weight excluding hydrogens is 547 g/mol. The molecule has 3 rings (SSSR count). The van der Waals surface area contributed by atoms with Gasteiger partial charge in [0.1, 0.15) is 6.61 Å². The van der Waals surface area contributed by atoms with Gasteiger partial charge >= 0.3 is 0 Å². The highest BCUT2D eigenvalue weighted by Gasteiger charge is 2.32. The molecular formula is C23H24ClIN2O3S. The highest BCUT2D eigenvalue weighted by molar-refractivity contribution is 14.1. The van der Waals surface area contributed by atoms with Gasteiger partial charge in [-0.15, -0.1) is 0 Å². The minimum atomic E-state index is -0.0483. The smallest absolute Gasteiger partial charge is 0.266 e. The van der Waals surface area contributed by atoms with E-state index in [1.807, 2.05) is 57.2 Å². The molecule has 1 fully saturated rings. The Hall–Kier alpha value is -1.71. The molecule has 8 heteroatoms. The number of thioether (sulfide) groups is 1. The van der Waals surface area contributed by atoms with Crippen LogP contribution >= 0.6 is 46.0 Å². The van der Waals surface area contributed by atoms with Crippen molar-refractivity contribution in [2.24, 2.45) is 4.99 Å². The van der Waals surface area contributed by atoms with E-state index in [4.69, 9.17) is 21.1 Å². The fraction of sp³-hybridized carbons (Fsp3) is 0.304. The molecule has 0 aliphatic carbocycles. The molecule has 1 amide bonds. The van der Waals surface area contributed by atoms with E-state index in [9.17, 15) is 4.79 Å². The van der Waals surface area contributed by atoms with Crippen LogP contribution in [0.5, 0.6) is 11.5 Å². The highest BCUT2D eigenvalue weighted by Crippen LogP contribution is 2.39. The summed E-state index contributed by atoms with van der Waals surface area (Å²) in [4.78, 5) is 19.5. The Labute approximate surface area is 206 Å². The second-order valence-electron chi connectivity index (χ2n) is 6.60. The van der Waals surface area contributed by atoms with Crippen molar-refractivity contribution in [2.75, 3.05) is 19.7 Å². The maximum absolute atomic E-state index is 12.7. The first-order chi connectivity index (χ1) is 15.0. The molecule has 5 nitrogen and oxygen atoms in total. The standard InChI is InChI=1S/C23H24ClIN2O3S/c1-4-26-23-27(5-2)22(28)20(31-23)13-16-11-18(24)21(19(12-16)29-6-3)30-14-15-7-9-17(25)10-8-15/h7-13H,4-6,14H2,1-3H3/b20-13+,26-23?. The molecule has 0 radical (unpaired) electrons. The van der Waals surface area contributed by atoms with E-state index in [1.54, 1.807) is 11.0 Å². The van der Waals surface area contributed by atoms with Crippen LogP contribution < -0.4 is 9.47 Å². The van der Waals surface area contributed by atoms with Crippen LogP contribution in [0.3, 0.4) is 0 Å². The number of amidine groups is 1. The molecule has 1 heterocycles. The lowest BCUT2D eigenvalue weighted by atomic mass is 10.1. The molecule has 0 saturated carbocycles. The van der Waals surface area contributed by atoms with Crippen LogP contribution in [0.4, 0.5) is 0 Å². The predicted octanol–water partition coefficient (Wildman–Crippen LogP) is 6.23. The second kappa shape index (κ2) is 11.2. The fourth-order valence-electron chi connectivity index (χ4n) is 3.00. The van der Waals surface area contributed by atoms with Crippen molar-refractivity contribution in [3.8, 4) is 11.5 Å². The lowest BCUT2D eigenvalue weighted by molar-refractivity contribution is -0.122. The van der Waals surface area contributed by atoms with Crippen LogP contribution in [0.15, 0.2) is 46.3 Å². The summed E-state index contributed by atoms with van der Waals surface area (Å²) in [6.07, 6.45) is 1.82. The van der Waals surface area contributed by atoms with Gasteiger partial charge in [0.2, 0.25) is 0 Å². The summed E-state index contributed by atoms with van der Waals surface area (Å²) >= 11 is 10.2. The van der Waals surface area contributed by atoms with Crippen molar-refractivity contribution in [2.45, 2.75) is 27.4 Å². The lowest BCUT2D eigenvalue weighted by Gasteiger charge is -2.15. The predicted molar refractivity (Wildman–Crippen MR) is 137 cm³/mol. The second-order valence-corrected chi connectivity index (χ2v) is 9.26. The molecule has 1 aliphatic heterocycles. The van der Waals surface area contributed by atoms with Gasteiger partial charge < -0.3 is 9.47 Å². The summed E-state index contributed by atoms with van der Waals surface area (Å²) in [6, 6.07) is 11.8. The minimum absolute atomic E-state index is 0.0483. The van der Waals surface area contributed by atoms with Crippen LogP contribution in [0.1, 0.15) is 31.9 Å². The van der Waals surface area contributed by atoms with Crippen molar-refractivity contribution in [3.05, 3.63) is 61.0 Å². The Balaban J connectivity index is 1.87. The average molecular weight is 571 g/mol. The Morgan fingerprint density at radius 2 is 1.90 bits per heavy atom. The van der Waals surface area contributed by atoms with E-state index in [0.717, 1.165) is 16.3 Å². The number of carbonyl (C=O) groups excluding carboxylic acids is 1. The van der Waals surface area contributed by atoms with Crippen molar-refractivity contribution >= 4 is 63.1 Å². The number of ether oxygens (including phenoxy) is 2. The summed E-state index contributed by atoms with van der Waals surface area (Å²) in [5.41, 5.74) is 1.82. The van der Waals surface area contributed by atoms with E-state index in [1.165, 1.54) is 15.3 Å². The normalized spacial score (nSPS) is 16.4. The van der Waals surface area contributed by atoms with Crippen LogP contribution in [0, 0.1) is 3.57 Å². The monoisotopic (exact) mass is 570 g/mol. The third-order valence-electron chi connectivity index (χ3n) is 4.42. The van der Waals surface area contributed by atoms with Crippen molar-refractivity contribution in [1.29, 1.82) is 0 Å². The Morgan fingerprint density at radius 1 is 1.16 bits per heavy atom. The van der Waals surface area contributed by atoms with E-state index >= 15 is 0 Å². The van der Waals surface area contributed by atoms with E-state index in [2.05, 4.69) is 27.6 Å². The van der Waals surface area contributed by atoms with Gasteiger partial charge in [0, 0.05) is 16.7 Å². The number of nitrogens with zero attached hydrogens (tertiary/aromatic N) is 2. The maximum Gasteiger partial charge on any atom is 0.266 e. The Morgan fingerprint density at radius 3 is 2.55 bits per heavy atom. The summed E-state index contributed by atoms with van der Waals surface area (Å²) < 4.78 is 13.0. The molecule has 0 N–H and O–H groups in total. The molecule has 0 spiro atoms. The van der Waals surface area contributed by atoms with Gasteiger partial charge in [-0.05, 0) is 96.6 Å². The number of rotatable bonds is 8. The first-order valence-electron chi connectivity index (χ1n) is 10.1. The van der Waals surface area contributed by atoms with Gasteiger partial charge in [-0.25, -0.2) is 0 Å². The van der Waals surface area contributed by atoms with Gasteiger partial charge in [0.15, 0.2) is 16.7 Å². The largest absolute Gasteiger partial charge is 0.490 e. The van der Waals surface area contributed by atoms with Gasteiger partial charge in [-0.3, -0.25) is 14.7 Å². The maximum atomic E-state index is 12.7. The van der Waals surface area contributed by atoms with Gasteiger partial charge in [0.25, 0.3) is 5.91 Å². The summed E-state index contributed by atoms with van der Waals surface area (Å²) in [6.45, 7) is 7.87. The van der Waals surface area contributed by atoms with E-state index in [0.29, 0.717) is 47.7 Å². The number of hydrogen-bond acceptors (Lipinski definition) is 5. The number of amides is 1. The first kappa shape index (κ1) is 23.9. The fourth-order valence-corrected chi connectivity index (χ4v) is 4.74. The third-order valence-corrected chi connectivity index (χ3v) is 6.47. The Kier molecular flexibility index (Phi) is 8.68. The zero-order valence-electron chi connectivity index (χ0n) is 17.7. The Bertz CT molecular complexity index is 1010.